The van der Waals surface area contributed by atoms with Crippen LogP contribution in [0.15, 0.2) is 22.8 Å². The van der Waals surface area contributed by atoms with Crippen LogP contribution in [0.2, 0.25) is 0 Å². The lowest BCUT2D eigenvalue weighted by molar-refractivity contribution is -0.363. The lowest BCUT2D eigenvalue weighted by Gasteiger charge is -2.66. The molecule has 2 heterocycles. The van der Waals surface area contributed by atoms with Crippen molar-refractivity contribution in [3.05, 3.63) is 24.2 Å². The Balaban J connectivity index is 2.19. The Morgan fingerprint density at radius 1 is 0.860 bits per heavy atom. The number of furan rings is 1. The topological polar surface area (TPSA) is 200 Å². The summed E-state index contributed by atoms with van der Waals surface area (Å²) in [5, 5.41) is 12.7. The maximum absolute atomic E-state index is 13.9. The van der Waals surface area contributed by atoms with Gasteiger partial charge in [0, 0.05) is 27.2 Å². The third-order valence-electron chi connectivity index (χ3n) is 10.1. The SMILES string of the molecule is CCC(C)C(=O)OC[C@]12[C@@H](OC(=O)c3ccco3)[C@H](OC(=O)C(C)C)[C@@H]3[C@@H](OC(C)=O)[C@]1(OC3(C)C)[C@@](C)(O)C[C@H](OC(C)=O)[C@@H]2OC(C)=O. The molecular weight excluding hydrogens is 660 g/mol. The van der Waals surface area contributed by atoms with E-state index in [2.05, 4.69) is 0 Å². The number of hydrogen-bond acceptors (Lipinski definition) is 15. The summed E-state index contributed by atoms with van der Waals surface area (Å²) in [5.41, 5.74) is -8.18. The van der Waals surface area contributed by atoms with E-state index in [0.29, 0.717) is 6.42 Å². The van der Waals surface area contributed by atoms with E-state index in [4.69, 9.17) is 37.6 Å². The molecule has 1 N–H and O–H groups in total. The van der Waals surface area contributed by atoms with E-state index >= 15 is 0 Å². The Labute approximate surface area is 290 Å². The molecule has 278 valence electrons. The smallest absolute Gasteiger partial charge is 0.374 e. The van der Waals surface area contributed by atoms with Crippen LogP contribution in [0.4, 0.5) is 0 Å². The molecule has 2 bridgehead atoms. The summed E-state index contributed by atoms with van der Waals surface area (Å²) in [6.07, 6.45) is -6.91. The molecule has 0 amide bonds. The van der Waals surface area contributed by atoms with Crippen LogP contribution in [-0.2, 0) is 57.1 Å². The molecule has 3 fully saturated rings. The minimum Gasteiger partial charge on any atom is -0.464 e. The van der Waals surface area contributed by atoms with E-state index in [0.717, 1.165) is 20.8 Å². The maximum atomic E-state index is 13.9. The average molecular weight is 709 g/mol. The number of carbonyl (C=O) groups excluding carboxylic acids is 6. The minimum absolute atomic E-state index is 0.266. The zero-order chi connectivity index (χ0) is 37.6. The lowest BCUT2D eigenvalue weighted by Crippen LogP contribution is -2.85. The van der Waals surface area contributed by atoms with Crippen molar-refractivity contribution in [3.8, 4) is 0 Å². The summed E-state index contributed by atoms with van der Waals surface area (Å²) in [5.74, 6) is -7.84. The molecule has 1 saturated heterocycles. The molecule has 2 saturated carbocycles. The third-order valence-corrected chi connectivity index (χ3v) is 10.1. The van der Waals surface area contributed by atoms with Crippen molar-refractivity contribution >= 4 is 35.8 Å². The second-order valence-corrected chi connectivity index (χ2v) is 14.5. The van der Waals surface area contributed by atoms with Crippen LogP contribution in [0.3, 0.4) is 0 Å². The van der Waals surface area contributed by atoms with E-state index in [1.54, 1.807) is 41.5 Å². The van der Waals surface area contributed by atoms with Crippen LogP contribution in [0.5, 0.6) is 0 Å². The van der Waals surface area contributed by atoms with Gasteiger partial charge < -0.3 is 42.7 Å². The molecule has 0 radical (unpaired) electrons. The first kappa shape index (κ1) is 38.8. The van der Waals surface area contributed by atoms with Gasteiger partial charge in [0.05, 0.1) is 35.2 Å². The van der Waals surface area contributed by atoms with E-state index in [9.17, 15) is 33.9 Å². The molecular formula is C35H48O15. The van der Waals surface area contributed by atoms with Gasteiger partial charge in [-0.2, -0.15) is 0 Å². The van der Waals surface area contributed by atoms with E-state index in [-0.39, 0.29) is 5.76 Å². The highest BCUT2D eigenvalue weighted by Crippen LogP contribution is 2.69. The van der Waals surface area contributed by atoms with Crippen molar-refractivity contribution in [2.75, 3.05) is 6.61 Å². The monoisotopic (exact) mass is 708 g/mol. The van der Waals surface area contributed by atoms with Crippen molar-refractivity contribution in [2.45, 2.75) is 129 Å². The van der Waals surface area contributed by atoms with Crippen LogP contribution >= 0.6 is 0 Å². The highest BCUT2D eigenvalue weighted by atomic mass is 16.7. The summed E-state index contributed by atoms with van der Waals surface area (Å²) in [4.78, 5) is 79.4. The Hall–Kier alpha value is -3.98. The summed E-state index contributed by atoms with van der Waals surface area (Å²) in [6.45, 7) is 13.6. The molecule has 3 aliphatic rings. The number of hydrogen-bond donors (Lipinski definition) is 1. The molecule has 1 aromatic heterocycles. The fourth-order valence-electron chi connectivity index (χ4n) is 7.98. The van der Waals surface area contributed by atoms with Crippen molar-refractivity contribution in [1.29, 1.82) is 0 Å². The number of aliphatic hydroxyl groups is 1. The fourth-order valence-corrected chi connectivity index (χ4v) is 7.98. The van der Waals surface area contributed by atoms with Crippen LogP contribution < -0.4 is 0 Å². The van der Waals surface area contributed by atoms with Gasteiger partial charge >= 0.3 is 35.8 Å². The summed E-state index contributed by atoms with van der Waals surface area (Å²) in [7, 11) is 0. The first-order valence-electron chi connectivity index (χ1n) is 16.7. The predicted molar refractivity (Wildman–Crippen MR) is 169 cm³/mol. The van der Waals surface area contributed by atoms with E-state index in [1.165, 1.54) is 25.3 Å². The van der Waals surface area contributed by atoms with Gasteiger partial charge in [0.25, 0.3) is 0 Å². The lowest BCUT2D eigenvalue weighted by atomic mass is 9.45. The van der Waals surface area contributed by atoms with Gasteiger partial charge in [-0.05, 0) is 39.3 Å². The van der Waals surface area contributed by atoms with Gasteiger partial charge in [0.15, 0.2) is 17.8 Å². The van der Waals surface area contributed by atoms with Gasteiger partial charge in [-0.25, -0.2) is 4.79 Å². The van der Waals surface area contributed by atoms with E-state index < -0.39 is 119 Å². The number of esters is 6. The Kier molecular flexibility index (Phi) is 10.8. The second-order valence-electron chi connectivity index (χ2n) is 14.5. The minimum atomic E-state index is -2.31. The molecule has 2 aliphatic carbocycles. The second kappa shape index (κ2) is 14.0. The Bertz CT molecular complexity index is 1480. The van der Waals surface area contributed by atoms with Crippen LogP contribution in [0.25, 0.3) is 0 Å². The molecule has 1 aromatic rings. The summed E-state index contributed by atoms with van der Waals surface area (Å²) in [6, 6.07) is 2.76. The van der Waals surface area contributed by atoms with Crippen LogP contribution in [0, 0.1) is 23.2 Å². The molecule has 50 heavy (non-hydrogen) atoms. The molecule has 1 unspecified atom stereocenters. The first-order valence-corrected chi connectivity index (χ1v) is 16.7. The summed E-state index contributed by atoms with van der Waals surface area (Å²) >= 11 is 0. The molecule has 1 spiro atoms. The normalized spacial score (nSPS) is 34.5. The van der Waals surface area contributed by atoms with Crippen molar-refractivity contribution in [1.82, 2.24) is 0 Å². The zero-order valence-electron chi connectivity index (χ0n) is 30.1. The van der Waals surface area contributed by atoms with Crippen LogP contribution in [0.1, 0.15) is 92.6 Å². The standard InChI is InChI=1S/C35H48O15/c1-11-18(4)30(40)44-16-34-26(46-20(6)37)23(45-19(5)36)15-33(10,42)35(34)27(47-21(7)38)24(32(8,9)50-35)25(48-29(39)17(2)3)28(34)49-31(41)22-13-12-14-43-22/h12-14,17-18,23-28,42H,11,15-16H2,1-10H3/t18?,23-,24+,25+,26-,27+,28-,33-,34-,35-/m0/s1. The van der Waals surface area contributed by atoms with Crippen molar-refractivity contribution < 1.29 is 71.4 Å². The van der Waals surface area contributed by atoms with Gasteiger partial charge in [-0.3, -0.25) is 24.0 Å². The van der Waals surface area contributed by atoms with Gasteiger partial charge in [-0.15, -0.1) is 0 Å². The predicted octanol–water partition coefficient (Wildman–Crippen LogP) is 3.08. The largest absolute Gasteiger partial charge is 0.464 e. The highest BCUT2D eigenvalue weighted by molar-refractivity contribution is 5.86. The van der Waals surface area contributed by atoms with Gasteiger partial charge in [0.1, 0.15) is 30.3 Å². The highest BCUT2D eigenvalue weighted by Gasteiger charge is 2.89. The molecule has 10 atom stereocenters. The Morgan fingerprint density at radius 2 is 1.46 bits per heavy atom. The quantitative estimate of drug-likeness (QED) is 0.259. The number of fused-ring (bicyclic) bond motifs is 1. The maximum Gasteiger partial charge on any atom is 0.374 e. The van der Waals surface area contributed by atoms with E-state index in [1.807, 2.05) is 0 Å². The molecule has 0 aromatic carbocycles. The first-order chi connectivity index (χ1) is 23.2. The molecule has 4 rings (SSSR count). The molecule has 1 aliphatic heterocycles. The van der Waals surface area contributed by atoms with Gasteiger partial charge in [-0.1, -0.05) is 27.7 Å². The zero-order valence-corrected chi connectivity index (χ0v) is 30.1. The van der Waals surface area contributed by atoms with Crippen molar-refractivity contribution in [2.24, 2.45) is 23.2 Å². The third kappa shape index (κ3) is 6.49. The summed E-state index contributed by atoms with van der Waals surface area (Å²) < 4.78 is 48.3. The average Bonchev–Trinajstić information content (AvgIpc) is 3.60. The molecule has 15 heteroatoms. The number of carbonyl (C=O) groups is 6. The van der Waals surface area contributed by atoms with Crippen LogP contribution in [-0.4, -0.2) is 94.9 Å². The molecule has 15 nitrogen and oxygen atoms in total. The van der Waals surface area contributed by atoms with Gasteiger partial charge in [0.2, 0.25) is 5.76 Å². The fraction of sp³-hybridized carbons (Fsp3) is 0.714. The Morgan fingerprint density at radius 3 is 1.98 bits per heavy atom. The number of ether oxygens (including phenoxy) is 7. The van der Waals surface area contributed by atoms with Crippen molar-refractivity contribution in [3.63, 3.8) is 0 Å². The number of rotatable bonds is 11.